The van der Waals surface area contributed by atoms with E-state index in [2.05, 4.69) is 26.0 Å². The topological polar surface area (TPSA) is 57.5 Å². The minimum atomic E-state index is -1.38. The van der Waals surface area contributed by atoms with Crippen LogP contribution in [0.3, 0.4) is 0 Å². The zero-order chi connectivity index (χ0) is 20.1. The molecule has 2 aromatic rings. The number of carbonyl (C=O) groups is 1. The zero-order valence-electron chi connectivity index (χ0n) is 14.6. The number of aryl methyl sites for hydroxylation is 1. The second kappa shape index (κ2) is 14.0. The Morgan fingerprint density at radius 1 is 1.04 bits per heavy atom. The van der Waals surface area contributed by atoms with Gasteiger partial charge in [0.25, 0.3) is 0 Å². The predicted octanol–water partition coefficient (Wildman–Crippen LogP) is 7.46. The maximum absolute atomic E-state index is 10.6. The molecule has 0 heterocycles. The monoisotopic (exact) mass is 438 g/mol. The number of hydrogen-bond donors (Lipinski definition) is 2. The first kappa shape index (κ1) is 24.9. The van der Waals surface area contributed by atoms with Crippen molar-refractivity contribution in [2.45, 2.75) is 33.1 Å². The van der Waals surface area contributed by atoms with E-state index in [1.807, 2.05) is 18.2 Å². The Hall–Kier alpha value is -1.13. The number of phenols is 1. The Kier molecular flexibility index (Phi) is 13.4. The van der Waals surface area contributed by atoms with Gasteiger partial charge in [-0.2, -0.15) is 0 Å². The van der Waals surface area contributed by atoms with Crippen molar-refractivity contribution in [2.75, 3.05) is 5.88 Å². The van der Waals surface area contributed by atoms with Gasteiger partial charge < -0.3 is 10.2 Å². The zero-order valence-corrected chi connectivity index (χ0v) is 17.6. The van der Waals surface area contributed by atoms with Crippen molar-refractivity contribution in [2.24, 2.45) is 0 Å². The van der Waals surface area contributed by atoms with Gasteiger partial charge in [-0.15, -0.1) is 11.6 Å². The molecule has 0 saturated carbocycles. The molecule has 26 heavy (non-hydrogen) atoms. The van der Waals surface area contributed by atoms with Crippen LogP contribution in [0.25, 0.3) is 0 Å². The van der Waals surface area contributed by atoms with Crippen molar-refractivity contribution in [3.8, 4) is 5.75 Å². The first-order valence-corrected chi connectivity index (χ1v) is 9.60. The first-order valence-electron chi connectivity index (χ1n) is 7.93. The molecular formula is C19H22Cl4O3. The average molecular weight is 440 g/mol. The van der Waals surface area contributed by atoms with Gasteiger partial charge in [-0.25, -0.2) is 4.79 Å². The molecule has 2 N–H and O–H groups in total. The molecule has 0 fully saturated rings. The summed E-state index contributed by atoms with van der Waals surface area (Å²) in [7, 11) is 0. The lowest BCUT2D eigenvalue weighted by molar-refractivity contribution is 0.0694. The van der Waals surface area contributed by atoms with Crippen LogP contribution in [0.5, 0.6) is 5.75 Å². The molecule has 0 aliphatic carbocycles. The Labute approximate surface area is 174 Å². The van der Waals surface area contributed by atoms with Gasteiger partial charge in [0.05, 0.1) is 15.1 Å². The second-order valence-electron chi connectivity index (χ2n) is 5.23. The lowest BCUT2D eigenvalue weighted by Crippen LogP contribution is -1.98. The smallest absolute Gasteiger partial charge is 0.341 e. The maximum Gasteiger partial charge on any atom is 0.341 e. The van der Waals surface area contributed by atoms with Gasteiger partial charge in [0, 0.05) is 5.88 Å². The second-order valence-corrected chi connectivity index (χ2v) is 6.80. The van der Waals surface area contributed by atoms with Crippen molar-refractivity contribution < 1.29 is 15.0 Å². The molecule has 0 radical (unpaired) electrons. The van der Waals surface area contributed by atoms with Gasteiger partial charge in [0.15, 0.2) is 0 Å². The highest BCUT2D eigenvalue weighted by Gasteiger charge is 2.20. The summed E-state index contributed by atoms with van der Waals surface area (Å²) in [4.78, 5) is 10.6. The molecule has 0 aliphatic heterocycles. The lowest BCUT2D eigenvalue weighted by atomic mass is 10.2. The molecule has 0 bridgehead atoms. The molecule has 0 saturated heterocycles. The molecule has 0 aromatic heterocycles. The summed E-state index contributed by atoms with van der Waals surface area (Å²) < 4.78 is 0. The van der Waals surface area contributed by atoms with Crippen molar-refractivity contribution >= 4 is 52.4 Å². The lowest BCUT2D eigenvalue weighted by Gasteiger charge is -2.05. The number of carboxylic acids is 1. The molecule has 0 spiro atoms. The molecule has 0 atom stereocenters. The molecule has 0 aliphatic rings. The highest BCUT2D eigenvalue weighted by Crippen LogP contribution is 2.38. The fraction of sp³-hybridized carbons (Fsp3) is 0.316. The van der Waals surface area contributed by atoms with Gasteiger partial charge >= 0.3 is 5.97 Å². The third-order valence-electron chi connectivity index (χ3n) is 3.04. The van der Waals surface area contributed by atoms with E-state index in [-0.39, 0.29) is 15.1 Å². The van der Waals surface area contributed by atoms with Crippen LogP contribution in [0.1, 0.15) is 42.1 Å². The van der Waals surface area contributed by atoms with Crippen molar-refractivity contribution in [3.63, 3.8) is 0 Å². The fourth-order valence-corrected chi connectivity index (χ4v) is 2.54. The van der Waals surface area contributed by atoms with Crippen LogP contribution in [0.4, 0.5) is 0 Å². The minimum Gasteiger partial charge on any atom is -0.505 e. The maximum atomic E-state index is 10.6. The van der Waals surface area contributed by atoms with Crippen molar-refractivity contribution in [1.29, 1.82) is 0 Å². The summed E-state index contributed by atoms with van der Waals surface area (Å²) in [6.45, 7) is 4.26. The SMILES string of the molecule is CCCCCCl.Cc1ccccc1.O=C(O)c1c(O)c(Cl)cc(Cl)c1Cl. The molecule has 7 heteroatoms. The van der Waals surface area contributed by atoms with E-state index in [9.17, 15) is 9.90 Å². The van der Waals surface area contributed by atoms with E-state index in [4.69, 9.17) is 51.5 Å². The fourth-order valence-electron chi connectivity index (χ4n) is 1.66. The van der Waals surface area contributed by atoms with Gasteiger partial charge in [-0.3, -0.25) is 0 Å². The van der Waals surface area contributed by atoms with Crippen LogP contribution in [0.2, 0.25) is 15.1 Å². The molecule has 144 valence electrons. The predicted molar refractivity (Wildman–Crippen MR) is 112 cm³/mol. The van der Waals surface area contributed by atoms with Crippen LogP contribution >= 0.6 is 46.4 Å². The van der Waals surface area contributed by atoms with Crippen LogP contribution < -0.4 is 0 Å². The quantitative estimate of drug-likeness (QED) is 0.295. The number of benzene rings is 2. The number of rotatable bonds is 4. The van der Waals surface area contributed by atoms with Gasteiger partial charge in [0.2, 0.25) is 0 Å². The summed E-state index contributed by atoms with van der Waals surface area (Å²) >= 11 is 21.9. The van der Waals surface area contributed by atoms with Gasteiger partial charge in [-0.1, -0.05) is 90.5 Å². The van der Waals surface area contributed by atoms with E-state index in [1.165, 1.54) is 30.9 Å². The van der Waals surface area contributed by atoms with Crippen LogP contribution in [0, 0.1) is 6.92 Å². The summed E-state index contributed by atoms with van der Waals surface area (Å²) in [6, 6.07) is 11.4. The third-order valence-corrected chi connectivity index (χ3v) is 4.38. The Bertz CT molecular complexity index is 646. The average Bonchev–Trinajstić information content (AvgIpc) is 2.60. The molecule has 0 unspecified atom stereocenters. The molecule has 2 rings (SSSR count). The van der Waals surface area contributed by atoms with Gasteiger partial charge in [-0.05, 0) is 19.4 Å². The summed E-state index contributed by atoms with van der Waals surface area (Å²) in [5, 5.41) is 17.5. The number of halogens is 4. The van der Waals surface area contributed by atoms with Crippen molar-refractivity contribution in [1.82, 2.24) is 0 Å². The third kappa shape index (κ3) is 9.54. The number of alkyl halides is 1. The molecular weight excluding hydrogens is 418 g/mol. The number of aromatic hydroxyl groups is 1. The van der Waals surface area contributed by atoms with E-state index in [1.54, 1.807) is 0 Å². The Balaban J connectivity index is 0.000000405. The van der Waals surface area contributed by atoms with Crippen LogP contribution in [-0.2, 0) is 0 Å². The number of hydrogen-bond acceptors (Lipinski definition) is 2. The molecule has 0 amide bonds. The highest BCUT2D eigenvalue weighted by atomic mass is 35.5. The number of carboxylic acid groups (broad SMARTS) is 1. The van der Waals surface area contributed by atoms with E-state index >= 15 is 0 Å². The van der Waals surface area contributed by atoms with E-state index in [0.717, 1.165) is 5.88 Å². The van der Waals surface area contributed by atoms with E-state index < -0.39 is 17.3 Å². The number of unbranched alkanes of at least 4 members (excludes halogenated alkanes) is 2. The minimum absolute atomic E-state index is 0.0122. The summed E-state index contributed by atoms with van der Waals surface area (Å²) in [6.07, 6.45) is 3.73. The molecule has 3 nitrogen and oxygen atoms in total. The number of aromatic carboxylic acids is 1. The largest absolute Gasteiger partial charge is 0.505 e. The standard InChI is InChI=1S/C7H3Cl3O3.C7H8.C5H11Cl/c8-2-1-3(9)6(11)4(5(2)10)7(12)13;1-7-5-3-2-4-6-7;1-2-3-4-5-6/h1,11H,(H,12,13);2-6H,1H3;2-5H2,1H3. The summed E-state index contributed by atoms with van der Waals surface area (Å²) in [5.41, 5.74) is 0.835. The Morgan fingerprint density at radius 3 is 1.96 bits per heavy atom. The Morgan fingerprint density at radius 2 is 1.62 bits per heavy atom. The molecule has 2 aromatic carbocycles. The van der Waals surface area contributed by atoms with Crippen LogP contribution in [0.15, 0.2) is 36.4 Å². The highest BCUT2D eigenvalue weighted by molar-refractivity contribution is 6.45. The normalized spacial score (nSPS) is 9.46. The summed E-state index contributed by atoms with van der Waals surface area (Å²) in [5.74, 6) is -1.14. The van der Waals surface area contributed by atoms with Gasteiger partial charge in [0.1, 0.15) is 11.3 Å². The van der Waals surface area contributed by atoms with Crippen molar-refractivity contribution in [3.05, 3.63) is 62.6 Å². The first-order chi connectivity index (χ1) is 12.3. The van der Waals surface area contributed by atoms with Crippen LogP contribution in [-0.4, -0.2) is 22.1 Å². The van der Waals surface area contributed by atoms with E-state index in [0.29, 0.717) is 0 Å².